The van der Waals surface area contributed by atoms with Gasteiger partial charge < -0.3 is 10.5 Å². The molecule has 2 N–H and O–H groups in total. The van der Waals surface area contributed by atoms with E-state index in [1.165, 1.54) is 16.4 Å². The largest absolute Gasteiger partial charge is 0.398 e. The Bertz CT molecular complexity index is 587. The molecule has 0 saturated carbocycles. The number of nitrogens with two attached hydrogens (primary N) is 1. The summed E-state index contributed by atoms with van der Waals surface area (Å²) < 4.78 is 32.7. The van der Waals surface area contributed by atoms with Crippen molar-refractivity contribution >= 4 is 31.6 Å². The Balaban J connectivity index is 2.34. The van der Waals surface area contributed by atoms with Crippen LogP contribution in [-0.4, -0.2) is 38.0 Å². The predicted octanol–water partition coefficient (Wildman–Crippen LogP) is 1.83. The fraction of sp³-hybridized carbons (Fsp3) is 0.500. The Kier molecular flexibility index (Phi) is 3.92. The summed E-state index contributed by atoms with van der Waals surface area (Å²) in [4.78, 5) is 0.242. The maximum Gasteiger partial charge on any atom is 0.243 e. The van der Waals surface area contributed by atoms with Crippen molar-refractivity contribution in [1.29, 1.82) is 0 Å². The number of rotatable bonds is 2. The Morgan fingerprint density at radius 2 is 2.11 bits per heavy atom. The third-order valence-corrected chi connectivity index (χ3v) is 5.53. The van der Waals surface area contributed by atoms with E-state index in [2.05, 4.69) is 15.9 Å². The quantitative estimate of drug-likeness (QED) is 0.827. The number of morpholine rings is 1. The van der Waals surface area contributed by atoms with Crippen LogP contribution in [0.3, 0.4) is 0 Å². The lowest BCUT2D eigenvalue weighted by atomic mass is 10.1. The van der Waals surface area contributed by atoms with Crippen LogP contribution in [0.25, 0.3) is 0 Å². The van der Waals surface area contributed by atoms with Gasteiger partial charge in [-0.05, 0) is 48.0 Å². The normalized spacial score (nSPS) is 20.4. The van der Waals surface area contributed by atoms with Crippen LogP contribution in [0.15, 0.2) is 27.6 Å². The third-order valence-electron chi connectivity index (χ3n) is 3.00. The summed E-state index contributed by atoms with van der Waals surface area (Å²) in [5.41, 5.74) is 5.73. The Hall–Kier alpha value is -0.630. The maximum atomic E-state index is 12.5. The summed E-state index contributed by atoms with van der Waals surface area (Å²) >= 11 is 3.25. The molecule has 0 radical (unpaired) electrons. The minimum absolute atomic E-state index is 0.242. The molecule has 2 rings (SSSR count). The lowest BCUT2D eigenvalue weighted by molar-refractivity contribution is -0.0640. The molecule has 0 amide bonds. The zero-order chi connectivity index (χ0) is 14.3. The van der Waals surface area contributed by atoms with Crippen molar-refractivity contribution in [3.8, 4) is 0 Å². The maximum absolute atomic E-state index is 12.5. The lowest BCUT2D eigenvalue weighted by Gasteiger charge is -2.37. The van der Waals surface area contributed by atoms with Gasteiger partial charge in [-0.1, -0.05) is 0 Å². The second-order valence-electron chi connectivity index (χ2n) is 5.13. The molecule has 1 aliphatic heterocycles. The Morgan fingerprint density at radius 1 is 1.42 bits per heavy atom. The number of hydrogen-bond acceptors (Lipinski definition) is 4. The van der Waals surface area contributed by atoms with Gasteiger partial charge in [0.2, 0.25) is 10.0 Å². The van der Waals surface area contributed by atoms with Crippen LogP contribution < -0.4 is 5.73 Å². The molecule has 0 atom stereocenters. The van der Waals surface area contributed by atoms with Gasteiger partial charge in [-0.2, -0.15) is 4.31 Å². The number of sulfonamides is 1. The van der Waals surface area contributed by atoms with Crippen molar-refractivity contribution in [1.82, 2.24) is 4.31 Å². The number of hydrogen-bond donors (Lipinski definition) is 1. The molecular weight excluding hydrogens is 332 g/mol. The topological polar surface area (TPSA) is 72.6 Å². The van der Waals surface area contributed by atoms with E-state index in [-0.39, 0.29) is 4.90 Å². The SMILES string of the molecule is CC1(C)CN(S(=O)(=O)c2ccc(N)c(Br)c2)CCO1. The van der Waals surface area contributed by atoms with Gasteiger partial charge in [-0.25, -0.2) is 8.42 Å². The molecule has 0 unspecified atom stereocenters. The van der Waals surface area contributed by atoms with Gasteiger partial charge in [0.05, 0.1) is 17.1 Å². The summed E-state index contributed by atoms with van der Waals surface area (Å²) in [6, 6.07) is 4.65. The van der Waals surface area contributed by atoms with E-state index < -0.39 is 15.6 Å². The van der Waals surface area contributed by atoms with Crippen molar-refractivity contribution in [3.05, 3.63) is 22.7 Å². The third kappa shape index (κ3) is 3.10. The van der Waals surface area contributed by atoms with Gasteiger partial charge in [0.25, 0.3) is 0 Å². The number of ether oxygens (including phenoxy) is 1. The Labute approximate surface area is 121 Å². The molecule has 1 aromatic carbocycles. The highest BCUT2D eigenvalue weighted by atomic mass is 79.9. The van der Waals surface area contributed by atoms with Gasteiger partial charge in [0.1, 0.15) is 0 Å². The average molecular weight is 349 g/mol. The van der Waals surface area contributed by atoms with Crippen molar-refractivity contribution < 1.29 is 13.2 Å². The summed E-state index contributed by atoms with van der Waals surface area (Å²) in [6.45, 7) is 4.88. The standard InChI is InChI=1S/C12H17BrN2O3S/c1-12(2)8-15(5-6-18-12)19(16,17)9-3-4-11(14)10(13)7-9/h3-4,7H,5-6,8,14H2,1-2H3. The van der Waals surface area contributed by atoms with Gasteiger partial charge in [-0.15, -0.1) is 0 Å². The van der Waals surface area contributed by atoms with Gasteiger partial charge in [0, 0.05) is 23.2 Å². The van der Waals surface area contributed by atoms with Crippen molar-refractivity contribution in [2.75, 3.05) is 25.4 Å². The highest BCUT2D eigenvalue weighted by molar-refractivity contribution is 9.10. The first-order valence-corrected chi connectivity index (χ1v) is 8.15. The second kappa shape index (κ2) is 5.05. The van der Waals surface area contributed by atoms with Crippen LogP contribution in [0.2, 0.25) is 0 Å². The number of nitrogens with zero attached hydrogens (tertiary/aromatic N) is 1. The monoisotopic (exact) mass is 348 g/mol. The number of benzene rings is 1. The number of nitrogen functional groups attached to an aromatic ring is 1. The second-order valence-corrected chi connectivity index (χ2v) is 7.92. The smallest absolute Gasteiger partial charge is 0.243 e. The zero-order valence-corrected chi connectivity index (χ0v) is 13.3. The molecule has 5 nitrogen and oxygen atoms in total. The summed E-state index contributed by atoms with van der Waals surface area (Å²) in [5.74, 6) is 0. The molecule has 106 valence electrons. The molecular formula is C12H17BrN2O3S. The van der Waals surface area contributed by atoms with E-state index in [9.17, 15) is 8.42 Å². The van der Waals surface area contributed by atoms with E-state index in [1.54, 1.807) is 6.07 Å². The molecule has 1 aliphatic rings. The van der Waals surface area contributed by atoms with E-state index in [0.717, 1.165) is 0 Å². The van der Waals surface area contributed by atoms with Crippen molar-refractivity contribution in [2.24, 2.45) is 0 Å². The highest BCUT2D eigenvalue weighted by Crippen LogP contribution is 2.27. The summed E-state index contributed by atoms with van der Waals surface area (Å²) in [7, 11) is -3.50. The van der Waals surface area contributed by atoms with Gasteiger partial charge in [-0.3, -0.25) is 0 Å². The fourth-order valence-electron chi connectivity index (χ4n) is 2.00. The summed E-state index contributed by atoms with van der Waals surface area (Å²) in [6.07, 6.45) is 0. The fourth-order valence-corrected chi connectivity index (χ4v) is 4.13. The first-order chi connectivity index (χ1) is 8.72. The number of anilines is 1. The minimum atomic E-state index is -3.50. The molecule has 0 aliphatic carbocycles. The molecule has 7 heteroatoms. The van der Waals surface area contributed by atoms with Gasteiger partial charge in [0.15, 0.2) is 0 Å². The number of halogens is 1. The van der Waals surface area contributed by atoms with Crippen LogP contribution in [-0.2, 0) is 14.8 Å². The van der Waals surface area contributed by atoms with E-state index >= 15 is 0 Å². The summed E-state index contributed by atoms with van der Waals surface area (Å²) in [5, 5.41) is 0. The zero-order valence-electron chi connectivity index (χ0n) is 10.9. The highest BCUT2D eigenvalue weighted by Gasteiger charge is 2.34. The first-order valence-electron chi connectivity index (χ1n) is 5.91. The minimum Gasteiger partial charge on any atom is -0.398 e. The first kappa shape index (κ1) is 14.8. The van der Waals surface area contributed by atoms with Crippen LogP contribution in [0, 0.1) is 0 Å². The molecule has 0 spiro atoms. The molecule has 19 heavy (non-hydrogen) atoms. The van der Waals surface area contributed by atoms with Gasteiger partial charge >= 0.3 is 0 Å². The van der Waals surface area contributed by atoms with Crippen LogP contribution in [0.1, 0.15) is 13.8 Å². The lowest BCUT2D eigenvalue weighted by Crippen LogP contribution is -2.50. The molecule has 1 fully saturated rings. The van der Waals surface area contributed by atoms with Crippen LogP contribution >= 0.6 is 15.9 Å². The molecule has 0 bridgehead atoms. The van der Waals surface area contributed by atoms with Crippen LogP contribution in [0.5, 0.6) is 0 Å². The Morgan fingerprint density at radius 3 is 2.68 bits per heavy atom. The molecule has 1 saturated heterocycles. The molecule has 0 aromatic heterocycles. The molecule has 1 heterocycles. The van der Waals surface area contributed by atoms with Crippen molar-refractivity contribution in [3.63, 3.8) is 0 Å². The van der Waals surface area contributed by atoms with E-state index in [4.69, 9.17) is 10.5 Å². The predicted molar refractivity (Wildman–Crippen MR) is 77.3 cm³/mol. The molecule has 1 aromatic rings. The van der Waals surface area contributed by atoms with Crippen molar-refractivity contribution in [2.45, 2.75) is 24.3 Å². The van der Waals surface area contributed by atoms with E-state index in [0.29, 0.717) is 29.9 Å². The average Bonchev–Trinajstić information content (AvgIpc) is 2.31. The van der Waals surface area contributed by atoms with Crippen LogP contribution in [0.4, 0.5) is 5.69 Å². The van der Waals surface area contributed by atoms with E-state index in [1.807, 2.05) is 13.8 Å².